The summed E-state index contributed by atoms with van der Waals surface area (Å²) in [6.07, 6.45) is 1.58. The van der Waals surface area contributed by atoms with Gasteiger partial charge < -0.3 is 10.1 Å². The van der Waals surface area contributed by atoms with Crippen LogP contribution in [-0.2, 0) is 16.6 Å². The first kappa shape index (κ1) is 23.4. The summed E-state index contributed by atoms with van der Waals surface area (Å²) in [5.74, 6) is 0.234. The minimum atomic E-state index is -0.459. The molecule has 9 heteroatoms. The van der Waals surface area contributed by atoms with Gasteiger partial charge in [-0.3, -0.25) is 9.69 Å². The molecule has 1 aromatic heterocycles. The lowest BCUT2D eigenvalue weighted by Crippen LogP contribution is -2.39. The highest BCUT2D eigenvalue weighted by Crippen LogP contribution is 2.27. The molecule has 0 spiro atoms. The Kier molecular flexibility index (Phi) is 7.22. The largest absolute Gasteiger partial charge is 0.462 e. The Morgan fingerprint density at radius 2 is 1.74 bits per heavy atom. The molecule has 9 nitrogen and oxygen atoms in total. The lowest BCUT2D eigenvalue weighted by molar-refractivity contribution is -0.117. The Balaban J connectivity index is 1.39. The third-order valence-electron chi connectivity index (χ3n) is 5.98. The summed E-state index contributed by atoms with van der Waals surface area (Å²) in [7, 11) is 1.67. The van der Waals surface area contributed by atoms with Crippen LogP contribution >= 0.6 is 0 Å². The fourth-order valence-corrected chi connectivity index (χ4v) is 4.29. The van der Waals surface area contributed by atoms with Crippen LogP contribution in [0.2, 0.25) is 0 Å². The van der Waals surface area contributed by atoms with E-state index in [-0.39, 0.29) is 30.7 Å². The summed E-state index contributed by atoms with van der Waals surface area (Å²) < 4.78 is 8.13. The van der Waals surface area contributed by atoms with Crippen LogP contribution in [0.15, 0.2) is 59.4 Å². The maximum Gasteiger partial charge on any atom is 0.350 e. The molecule has 1 aliphatic heterocycles. The molecule has 1 amide bonds. The number of hydrogen-bond acceptors (Lipinski definition) is 6. The zero-order valence-electron chi connectivity index (χ0n) is 19.4. The maximum atomic E-state index is 12.7. The normalized spacial score (nSPS) is 14.6. The number of ether oxygens (including phenoxy) is 1. The third kappa shape index (κ3) is 5.09. The lowest BCUT2D eigenvalue weighted by atomic mass is 9.95. The van der Waals surface area contributed by atoms with Crippen LogP contribution in [0.5, 0.6) is 0 Å². The fourth-order valence-electron chi connectivity index (χ4n) is 4.29. The van der Waals surface area contributed by atoms with Gasteiger partial charge in [0.15, 0.2) is 0 Å². The Bertz CT molecular complexity index is 1210. The second-order valence-corrected chi connectivity index (χ2v) is 8.30. The van der Waals surface area contributed by atoms with E-state index < -0.39 is 5.97 Å². The summed E-state index contributed by atoms with van der Waals surface area (Å²) >= 11 is 0. The monoisotopic (exact) mass is 463 g/mol. The first-order chi connectivity index (χ1) is 16.5. The zero-order valence-corrected chi connectivity index (χ0v) is 19.4. The quantitative estimate of drug-likeness (QED) is 0.541. The van der Waals surface area contributed by atoms with Crippen molar-refractivity contribution in [3.8, 4) is 5.69 Å². The molecule has 0 atom stereocenters. The number of nitrogens with one attached hydrogen (secondary N) is 1. The predicted molar refractivity (Wildman–Crippen MR) is 128 cm³/mol. The van der Waals surface area contributed by atoms with E-state index in [1.165, 1.54) is 4.68 Å². The van der Waals surface area contributed by atoms with E-state index in [0.717, 1.165) is 24.4 Å². The average molecular weight is 464 g/mol. The molecule has 0 unspecified atom stereocenters. The lowest BCUT2D eigenvalue weighted by Gasteiger charge is -2.31. The molecular weight excluding hydrogens is 434 g/mol. The average Bonchev–Trinajstić information content (AvgIpc) is 3.14. The van der Waals surface area contributed by atoms with Crippen molar-refractivity contribution >= 4 is 17.6 Å². The Morgan fingerprint density at radius 1 is 1.06 bits per heavy atom. The van der Waals surface area contributed by atoms with Crippen molar-refractivity contribution in [1.82, 2.24) is 19.2 Å². The number of amides is 1. The van der Waals surface area contributed by atoms with Crippen molar-refractivity contribution < 1.29 is 14.3 Å². The summed E-state index contributed by atoms with van der Waals surface area (Å²) in [5.41, 5.74) is 1.42. The van der Waals surface area contributed by atoms with E-state index in [1.54, 1.807) is 42.8 Å². The zero-order chi connectivity index (χ0) is 24.1. The maximum absolute atomic E-state index is 12.7. The fraction of sp³-hybridized carbons (Fsp3) is 0.360. The number of rotatable bonds is 7. The van der Waals surface area contributed by atoms with Crippen molar-refractivity contribution in [2.45, 2.75) is 25.7 Å². The number of anilines is 1. The summed E-state index contributed by atoms with van der Waals surface area (Å²) in [5, 5.41) is 7.36. The number of carbonyl (C=O) groups excluding carboxylic acids is 2. The van der Waals surface area contributed by atoms with Gasteiger partial charge in [-0.15, -0.1) is 0 Å². The van der Waals surface area contributed by atoms with Crippen LogP contribution < -0.4 is 11.0 Å². The first-order valence-corrected chi connectivity index (χ1v) is 11.5. The van der Waals surface area contributed by atoms with Gasteiger partial charge >= 0.3 is 11.7 Å². The van der Waals surface area contributed by atoms with E-state index in [0.29, 0.717) is 24.3 Å². The molecule has 0 saturated carbocycles. The molecule has 3 aromatic rings. The summed E-state index contributed by atoms with van der Waals surface area (Å²) in [4.78, 5) is 39.6. The summed E-state index contributed by atoms with van der Waals surface area (Å²) in [6.45, 7) is 3.64. The van der Waals surface area contributed by atoms with Crippen molar-refractivity contribution in [2.75, 3.05) is 31.6 Å². The second kappa shape index (κ2) is 10.5. The molecule has 2 heterocycles. The molecule has 1 fully saturated rings. The number of carbonyl (C=O) groups is 2. The number of piperidine rings is 1. The number of hydrogen-bond donors (Lipinski definition) is 1. The van der Waals surface area contributed by atoms with Gasteiger partial charge in [0.2, 0.25) is 5.91 Å². The van der Waals surface area contributed by atoms with Gasteiger partial charge in [-0.25, -0.2) is 18.8 Å². The van der Waals surface area contributed by atoms with Crippen LogP contribution in [0.1, 0.15) is 41.9 Å². The van der Waals surface area contributed by atoms with Gasteiger partial charge in [0, 0.05) is 13.0 Å². The van der Waals surface area contributed by atoms with Crippen LogP contribution in [-0.4, -0.2) is 57.4 Å². The van der Waals surface area contributed by atoms with Crippen molar-refractivity contribution in [3.63, 3.8) is 0 Å². The first-order valence-electron chi connectivity index (χ1n) is 11.5. The molecular formula is C25H29N5O4. The highest BCUT2D eigenvalue weighted by molar-refractivity contribution is 6.01. The molecule has 0 bridgehead atoms. The number of para-hydroxylation sites is 2. The minimum absolute atomic E-state index is 0.123. The van der Waals surface area contributed by atoms with Gasteiger partial charge in [-0.1, -0.05) is 30.3 Å². The number of nitrogens with zero attached hydrogens (tertiary/aromatic N) is 4. The van der Waals surface area contributed by atoms with E-state index in [1.807, 2.05) is 30.3 Å². The highest BCUT2D eigenvalue weighted by Gasteiger charge is 2.28. The molecule has 2 aromatic carbocycles. The SMILES string of the molecule is CCOC(=O)c1ccccc1NC(=O)CN1CCC(c2nn(C)c(=O)n2-c2ccccc2)CC1. The topological polar surface area (TPSA) is 98.5 Å². The van der Waals surface area contributed by atoms with Gasteiger partial charge in [0.1, 0.15) is 5.82 Å². The van der Waals surface area contributed by atoms with E-state index in [9.17, 15) is 14.4 Å². The van der Waals surface area contributed by atoms with Crippen LogP contribution in [0.25, 0.3) is 5.69 Å². The highest BCUT2D eigenvalue weighted by atomic mass is 16.5. The number of likely N-dealkylation sites (tertiary alicyclic amines) is 1. The molecule has 1 N–H and O–H groups in total. The molecule has 0 radical (unpaired) electrons. The van der Waals surface area contributed by atoms with Crippen LogP contribution in [0.4, 0.5) is 5.69 Å². The molecule has 1 aliphatic rings. The Labute approximate surface area is 197 Å². The number of aryl methyl sites for hydroxylation is 1. The molecule has 1 saturated heterocycles. The molecule has 4 rings (SSSR count). The molecule has 0 aliphatic carbocycles. The van der Waals surface area contributed by atoms with Gasteiger partial charge in [0.05, 0.1) is 30.1 Å². The summed E-state index contributed by atoms with van der Waals surface area (Å²) in [6, 6.07) is 16.4. The van der Waals surface area contributed by atoms with Crippen LogP contribution in [0, 0.1) is 0 Å². The number of benzene rings is 2. The van der Waals surface area contributed by atoms with Gasteiger partial charge in [-0.2, -0.15) is 5.10 Å². The van der Waals surface area contributed by atoms with E-state index in [4.69, 9.17) is 4.74 Å². The van der Waals surface area contributed by atoms with Gasteiger partial charge in [0.25, 0.3) is 0 Å². The molecule has 34 heavy (non-hydrogen) atoms. The third-order valence-corrected chi connectivity index (χ3v) is 5.98. The van der Waals surface area contributed by atoms with Crippen molar-refractivity contribution in [1.29, 1.82) is 0 Å². The van der Waals surface area contributed by atoms with E-state index in [2.05, 4.69) is 15.3 Å². The van der Waals surface area contributed by atoms with Crippen LogP contribution in [0.3, 0.4) is 0 Å². The van der Waals surface area contributed by atoms with Crippen molar-refractivity contribution in [2.24, 2.45) is 7.05 Å². The number of esters is 1. The number of aromatic nitrogens is 3. The second-order valence-electron chi connectivity index (χ2n) is 8.30. The van der Waals surface area contributed by atoms with E-state index >= 15 is 0 Å². The minimum Gasteiger partial charge on any atom is -0.462 e. The Morgan fingerprint density at radius 3 is 2.44 bits per heavy atom. The Hall–Kier alpha value is -3.72. The van der Waals surface area contributed by atoms with Crippen molar-refractivity contribution in [3.05, 3.63) is 76.5 Å². The predicted octanol–water partition coefficient (Wildman–Crippen LogP) is 2.57. The standard InChI is InChI=1S/C25H29N5O4/c1-3-34-24(32)20-11-7-8-12-21(20)26-22(31)17-29-15-13-18(14-16-29)23-27-28(2)25(33)30(23)19-9-5-4-6-10-19/h4-12,18H,3,13-17H2,1-2H3,(H,26,31). The van der Waals surface area contributed by atoms with Gasteiger partial charge in [-0.05, 0) is 57.1 Å². The smallest absolute Gasteiger partial charge is 0.350 e. The molecule has 178 valence electrons.